The minimum Gasteiger partial charge on any atom is -0.444 e. The molecule has 2 heterocycles. The van der Waals surface area contributed by atoms with Crippen molar-refractivity contribution >= 4 is 6.09 Å². The smallest absolute Gasteiger partial charge is 0.410 e. The molecule has 2 aliphatic heterocycles. The zero-order valence-corrected chi connectivity index (χ0v) is 16.2. The quantitative estimate of drug-likeness (QED) is 0.771. The lowest BCUT2D eigenvalue weighted by Gasteiger charge is -2.36. The van der Waals surface area contributed by atoms with Crippen LogP contribution in [0.1, 0.15) is 52.9 Å². The fourth-order valence-electron chi connectivity index (χ4n) is 3.66. The predicted molar refractivity (Wildman–Crippen MR) is 98.3 cm³/mol. The Kier molecular flexibility index (Phi) is 7.35. The van der Waals surface area contributed by atoms with Crippen LogP contribution in [0.3, 0.4) is 0 Å². The molecule has 0 aromatic rings. The van der Waals surface area contributed by atoms with Crippen molar-refractivity contribution in [3.63, 3.8) is 0 Å². The Labute approximate surface area is 148 Å². The summed E-state index contributed by atoms with van der Waals surface area (Å²) >= 11 is 0. The third kappa shape index (κ3) is 6.98. The van der Waals surface area contributed by atoms with Gasteiger partial charge >= 0.3 is 6.09 Å². The van der Waals surface area contributed by atoms with E-state index < -0.39 is 5.60 Å². The number of rotatable bonds is 5. The summed E-state index contributed by atoms with van der Waals surface area (Å²) in [4.78, 5) is 19.0. The van der Waals surface area contributed by atoms with E-state index in [4.69, 9.17) is 4.74 Å². The molecule has 2 rings (SSSR count). The second-order valence-corrected chi connectivity index (χ2v) is 8.55. The zero-order chi connectivity index (χ0) is 17.6. The maximum atomic E-state index is 12.1. The summed E-state index contributed by atoms with van der Waals surface area (Å²) in [5, 5.41) is 0. The molecular formula is C19H37N3O2. The molecule has 0 saturated carbocycles. The molecule has 5 nitrogen and oxygen atoms in total. The fraction of sp³-hybridized carbons (Fsp3) is 0.947. The number of carbonyl (C=O) groups is 1. The standard InChI is InChI=1S/C19H37N3O2/c1-19(2,3)24-18(23)20(4)16-17-8-12-22(13-9-17)15-14-21-10-6-5-7-11-21/h17H,5-16H2,1-4H3. The van der Waals surface area contributed by atoms with Crippen LogP contribution < -0.4 is 0 Å². The lowest BCUT2D eigenvalue weighted by Crippen LogP contribution is -2.43. The highest BCUT2D eigenvalue weighted by Gasteiger charge is 2.25. The predicted octanol–water partition coefficient (Wildman–Crippen LogP) is 3.05. The Bertz CT molecular complexity index is 381. The third-order valence-corrected chi connectivity index (χ3v) is 5.13. The number of amides is 1. The van der Waals surface area contributed by atoms with Crippen molar-refractivity contribution in [1.29, 1.82) is 0 Å². The Hall–Kier alpha value is -0.810. The maximum absolute atomic E-state index is 12.1. The summed E-state index contributed by atoms with van der Waals surface area (Å²) in [5.41, 5.74) is -0.414. The van der Waals surface area contributed by atoms with Crippen molar-refractivity contribution < 1.29 is 9.53 Å². The van der Waals surface area contributed by atoms with Gasteiger partial charge in [0.15, 0.2) is 0 Å². The fourth-order valence-corrected chi connectivity index (χ4v) is 3.66. The molecule has 2 aliphatic rings. The number of carbonyl (C=O) groups excluding carboxylic acids is 1. The summed E-state index contributed by atoms with van der Waals surface area (Å²) in [6, 6.07) is 0. The highest BCUT2D eigenvalue weighted by atomic mass is 16.6. The first-order chi connectivity index (χ1) is 11.3. The summed E-state index contributed by atoms with van der Waals surface area (Å²) in [7, 11) is 1.86. The minimum atomic E-state index is -0.414. The Morgan fingerprint density at radius 1 is 1.00 bits per heavy atom. The van der Waals surface area contributed by atoms with Crippen LogP contribution in [0.15, 0.2) is 0 Å². The number of hydrogen-bond acceptors (Lipinski definition) is 4. The molecule has 0 aromatic carbocycles. The zero-order valence-electron chi connectivity index (χ0n) is 16.2. The van der Waals surface area contributed by atoms with Crippen LogP contribution in [0.2, 0.25) is 0 Å². The van der Waals surface area contributed by atoms with Gasteiger partial charge in [0, 0.05) is 26.7 Å². The molecule has 0 N–H and O–H groups in total. The van der Waals surface area contributed by atoms with E-state index in [9.17, 15) is 4.79 Å². The average Bonchev–Trinajstić information content (AvgIpc) is 2.53. The van der Waals surface area contributed by atoms with Crippen LogP contribution in [0.4, 0.5) is 4.79 Å². The van der Waals surface area contributed by atoms with Crippen molar-refractivity contribution in [3.8, 4) is 0 Å². The van der Waals surface area contributed by atoms with Crippen molar-refractivity contribution in [2.45, 2.75) is 58.5 Å². The van der Waals surface area contributed by atoms with E-state index in [1.54, 1.807) is 4.90 Å². The Morgan fingerprint density at radius 3 is 2.08 bits per heavy atom. The second-order valence-electron chi connectivity index (χ2n) is 8.55. The van der Waals surface area contributed by atoms with E-state index in [0.29, 0.717) is 5.92 Å². The van der Waals surface area contributed by atoms with Gasteiger partial charge in [0.2, 0.25) is 0 Å². The molecule has 0 unspecified atom stereocenters. The second kappa shape index (κ2) is 9.04. The van der Waals surface area contributed by atoms with Gasteiger partial charge in [-0.3, -0.25) is 0 Å². The summed E-state index contributed by atoms with van der Waals surface area (Å²) < 4.78 is 5.44. The molecule has 5 heteroatoms. The first kappa shape index (κ1) is 19.5. The molecule has 0 radical (unpaired) electrons. The van der Waals surface area contributed by atoms with E-state index in [1.165, 1.54) is 71.4 Å². The van der Waals surface area contributed by atoms with Crippen molar-refractivity contribution in [2.24, 2.45) is 5.92 Å². The molecule has 0 spiro atoms. The molecular weight excluding hydrogens is 302 g/mol. The molecule has 1 amide bonds. The first-order valence-electron chi connectivity index (χ1n) is 9.72. The third-order valence-electron chi connectivity index (χ3n) is 5.13. The highest BCUT2D eigenvalue weighted by Crippen LogP contribution is 2.19. The van der Waals surface area contributed by atoms with Gasteiger partial charge in [-0.15, -0.1) is 0 Å². The van der Waals surface area contributed by atoms with E-state index in [1.807, 2.05) is 27.8 Å². The van der Waals surface area contributed by atoms with Gasteiger partial charge in [-0.25, -0.2) is 4.79 Å². The number of likely N-dealkylation sites (tertiary alicyclic amines) is 2. The molecule has 0 bridgehead atoms. The number of hydrogen-bond donors (Lipinski definition) is 0. The van der Waals surface area contributed by atoms with Crippen molar-refractivity contribution in [2.75, 3.05) is 52.9 Å². The van der Waals surface area contributed by atoms with Gasteiger partial charge in [-0.2, -0.15) is 0 Å². The summed E-state index contributed by atoms with van der Waals surface area (Å²) in [6.45, 7) is 13.9. The average molecular weight is 340 g/mol. The van der Waals surface area contributed by atoms with Gasteiger partial charge in [0.05, 0.1) is 0 Å². The Balaban J connectivity index is 1.62. The lowest BCUT2D eigenvalue weighted by atomic mass is 9.96. The van der Waals surface area contributed by atoms with Crippen LogP contribution >= 0.6 is 0 Å². The topological polar surface area (TPSA) is 36.0 Å². The number of nitrogens with zero attached hydrogens (tertiary/aromatic N) is 3. The van der Waals surface area contributed by atoms with Crippen LogP contribution in [0.5, 0.6) is 0 Å². The number of piperidine rings is 2. The highest BCUT2D eigenvalue weighted by molar-refractivity contribution is 5.67. The van der Waals surface area contributed by atoms with E-state index >= 15 is 0 Å². The molecule has 0 aliphatic carbocycles. The summed E-state index contributed by atoms with van der Waals surface area (Å²) in [5.74, 6) is 0.605. The van der Waals surface area contributed by atoms with Gasteiger partial charge < -0.3 is 19.4 Å². The molecule has 140 valence electrons. The first-order valence-corrected chi connectivity index (χ1v) is 9.72. The van der Waals surface area contributed by atoms with Crippen LogP contribution in [0, 0.1) is 5.92 Å². The molecule has 0 aromatic heterocycles. The Morgan fingerprint density at radius 2 is 1.54 bits per heavy atom. The van der Waals surface area contributed by atoms with Crippen molar-refractivity contribution in [3.05, 3.63) is 0 Å². The van der Waals surface area contributed by atoms with Gasteiger partial charge in [0.1, 0.15) is 5.60 Å². The van der Waals surface area contributed by atoms with Gasteiger partial charge in [-0.05, 0) is 78.6 Å². The molecule has 2 fully saturated rings. The normalized spacial score (nSPS) is 21.7. The van der Waals surface area contributed by atoms with Gasteiger partial charge in [-0.1, -0.05) is 6.42 Å². The summed E-state index contributed by atoms with van der Waals surface area (Å²) in [6.07, 6.45) is 6.33. The molecule has 24 heavy (non-hydrogen) atoms. The van der Waals surface area contributed by atoms with Crippen LogP contribution in [-0.4, -0.2) is 79.3 Å². The van der Waals surface area contributed by atoms with Crippen molar-refractivity contribution in [1.82, 2.24) is 14.7 Å². The monoisotopic (exact) mass is 339 g/mol. The molecule has 0 atom stereocenters. The molecule has 2 saturated heterocycles. The van der Waals surface area contributed by atoms with Crippen LogP contribution in [-0.2, 0) is 4.74 Å². The van der Waals surface area contributed by atoms with E-state index in [0.717, 1.165) is 6.54 Å². The largest absolute Gasteiger partial charge is 0.444 e. The SMILES string of the molecule is CN(CC1CCN(CCN2CCCCC2)CC1)C(=O)OC(C)(C)C. The van der Waals surface area contributed by atoms with Crippen LogP contribution in [0.25, 0.3) is 0 Å². The van der Waals surface area contributed by atoms with E-state index in [-0.39, 0.29) is 6.09 Å². The maximum Gasteiger partial charge on any atom is 0.410 e. The number of ether oxygens (including phenoxy) is 1. The van der Waals surface area contributed by atoms with E-state index in [2.05, 4.69) is 9.80 Å². The lowest BCUT2D eigenvalue weighted by molar-refractivity contribution is 0.0248. The minimum absolute atomic E-state index is 0.199. The van der Waals surface area contributed by atoms with Gasteiger partial charge in [0.25, 0.3) is 0 Å².